The van der Waals surface area contributed by atoms with Gasteiger partial charge in [0.1, 0.15) is 6.10 Å². The second kappa shape index (κ2) is 4.03. The smallest absolute Gasteiger partial charge is 0.268 e. The van der Waals surface area contributed by atoms with Crippen LogP contribution in [0.15, 0.2) is 18.2 Å². The molecular formula is C9H9ClF2O. The number of rotatable bonds is 2. The van der Waals surface area contributed by atoms with Crippen LogP contribution in [0.1, 0.15) is 17.2 Å². The van der Waals surface area contributed by atoms with Gasteiger partial charge in [-0.05, 0) is 24.1 Å². The topological polar surface area (TPSA) is 20.2 Å². The molecular weight excluding hydrogens is 198 g/mol. The molecule has 0 saturated carbocycles. The summed E-state index contributed by atoms with van der Waals surface area (Å²) >= 11 is 5.71. The summed E-state index contributed by atoms with van der Waals surface area (Å²) < 4.78 is 24.1. The first-order chi connectivity index (χ1) is 6.02. The van der Waals surface area contributed by atoms with Crippen molar-refractivity contribution in [1.82, 2.24) is 0 Å². The first-order valence-corrected chi connectivity index (χ1v) is 4.12. The molecule has 0 aliphatic carbocycles. The summed E-state index contributed by atoms with van der Waals surface area (Å²) in [7, 11) is 0. The van der Waals surface area contributed by atoms with E-state index in [-0.39, 0.29) is 5.56 Å². The van der Waals surface area contributed by atoms with Crippen molar-refractivity contribution in [2.45, 2.75) is 19.5 Å². The molecule has 0 aromatic heterocycles. The molecule has 72 valence electrons. The van der Waals surface area contributed by atoms with E-state index in [1.54, 1.807) is 13.0 Å². The fraction of sp³-hybridized carbons (Fsp3) is 0.333. The van der Waals surface area contributed by atoms with Gasteiger partial charge in [-0.25, -0.2) is 8.78 Å². The van der Waals surface area contributed by atoms with Crippen LogP contribution in [-0.2, 0) is 0 Å². The average molecular weight is 207 g/mol. The molecule has 0 bridgehead atoms. The minimum Gasteiger partial charge on any atom is -0.382 e. The first-order valence-electron chi connectivity index (χ1n) is 3.74. The molecule has 0 radical (unpaired) electrons. The third-order valence-corrected chi connectivity index (χ3v) is 2.18. The van der Waals surface area contributed by atoms with Crippen molar-refractivity contribution in [3.8, 4) is 0 Å². The van der Waals surface area contributed by atoms with Crippen LogP contribution in [0.4, 0.5) is 8.78 Å². The summed E-state index contributed by atoms with van der Waals surface area (Å²) in [6.45, 7) is 1.76. The van der Waals surface area contributed by atoms with Crippen LogP contribution in [0.3, 0.4) is 0 Å². The lowest BCUT2D eigenvalue weighted by Gasteiger charge is -2.10. The molecule has 1 aromatic rings. The molecule has 13 heavy (non-hydrogen) atoms. The highest BCUT2D eigenvalue weighted by Crippen LogP contribution is 2.24. The Bertz CT molecular complexity index is 302. The SMILES string of the molecule is Cc1ccc(C(O)C(F)F)cc1Cl. The van der Waals surface area contributed by atoms with Gasteiger partial charge >= 0.3 is 0 Å². The zero-order valence-corrected chi connectivity index (χ0v) is 7.72. The predicted octanol–water partition coefficient (Wildman–Crippen LogP) is 2.95. The lowest BCUT2D eigenvalue weighted by atomic mass is 10.1. The van der Waals surface area contributed by atoms with Crippen LogP contribution in [0.2, 0.25) is 5.02 Å². The predicted molar refractivity (Wildman–Crippen MR) is 47.2 cm³/mol. The van der Waals surface area contributed by atoms with Gasteiger partial charge in [-0.3, -0.25) is 0 Å². The highest BCUT2D eigenvalue weighted by molar-refractivity contribution is 6.31. The molecule has 0 saturated heterocycles. The maximum atomic E-state index is 12.1. The van der Waals surface area contributed by atoms with Crippen molar-refractivity contribution in [2.75, 3.05) is 0 Å². The maximum Gasteiger partial charge on any atom is 0.268 e. The second-order valence-electron chi connectivity index (χ2n) is 2.79. The molecule has 1 atom stereocenters. The van der Waals surface area contributed by atoms with Crippen molar-refractivity contribution < 1.29 is 13.9 Å². The standard InChI is InChI=1S/C9H9ClF2O/c1-5-2-3-6(4-7(5)10)8(13)9(11)12/h2-4,8-9,13H,1H3. The quantitative estimate of drug-likeness (QED) is 0.789. The second-order valence-corrected chi connectivity index (χ2v) is 3.20. The molecule has 1 N–H and O–H groups in total. The van der Waals surface area contributed by atoms with Crippen LogP contribution < -0.4 is 0 Å². The van der Waals surface area contributed by atoms with Gasteiger partial charge in [0.25, 0.3) is 6.43 Å². The minimum atomic E-state index is -2.78. The summed E-state index contributed by atoms with van der Waals surface area (Å²) in [5.41, 5.74) is 0.942. The van der Waals surface area contributed by atoms with E-state index in [2.05, 4.69) is 0 Å². The van der Waals surface area contributed by atoms with Crippen LogP contribution in [0, 0.1) is 6.92 Å². The number of aliphatic hydroxyl groups is 1. The zero-order valence-electron chi connectivity index (χ0n) is 6.97. The van der Waals surface area contributed by atoms with Gasteiger partial charge in [-0.15, -0.1) is 0 Å². The van der Waals surface area contributed by atoms with Crippen molar-refractivity contribution in [2.24, 2.45) is 0 Å². The lowest BCUT2D eigenvalue weighted by molar-refractivity contribution is -0.00577. The molecule has 0 amide bonds. The van der Waals surface area contributed by atoms with Gasteiger partial charge in [0.2, 0.25) is 0 Å². The molecule has 1 aromatic carbocycles. The fourth-order valence-corrected chi connectivity index (χ4v) is 1.13. The molecule has 1 unspecified atom stereocenters. The van der Waals surface area contributed by atoms with Gasteiger partial charge in [0, 0.05) is 5.02 Å². The molecule has 0 spiro atoms. The molecule has 0 fully saturated rings. The summed E-state index contributed by atoms with van der Waals surface area (Å²) in [6.07, 6.45) is -4.53. The summed E-state index contributed by atoms with van der Waals surface area (Å²) in [4.78, 5) is 0. The van der Waals surface area contributed by atoms with E-state index >= 15 is 0 Å². The molecule has 0 aliphatic rings. The largest absolute Gasteiger partial charge is 0.382 e. The number of alkyl halides is 2. The van der Waals surface area contributed by atoms with E-state index < -0.39 is 12.5 Å². The van der Waals surface area contributed by atoms with Crippen molar-refractivity contribution in [3.05, 3.63) is 34.3 Å². The van der Waals surface area contributed by atoms with Crippen LogP contribution in [0.5, 0.6) is 0 Å². The molecule has 1 nitrogen and oxygen atoms in total. The fourth-order valence-electron chi connectivity index (χ4n) is 0.939. The van der Waals surface area contributed by atoms with E-state index in [0.717, 1.165) is 5.56 Å². The third-order valence-electron chi connectivity index (χ3n) is 1.78. The van der Waals surface area contributed by atoms with Crippen LogP contribution in [-0.4, -0.2) is 11.5 Å². The Labute approximate surface area is 80.0 Å². The van der Waals surface area contributed by atoms with Gasteiger partial charge in [0.05, 0.1) is 0 Å². The number of aryl methyl sites for hydroxylation is 1. The van der Waals surface area contributed by atoms with E-state index in [1.165, 1.54) is 12.1 Å². The molecule has 4 heteroatoms. The van der Waals surface area contributed by atoms with E-state index in [1.807, 2.05) is 0 Å². The number of hydrogen-bond acceptors (Lipinski definition) is 1. The van der Waals surface area contributed by atoms with E-state index in [9.17, 15) is 8.78 Å². The average Bonchev–Trinajstić information content (AvgIpc) is 2.08. The third kappa shape index (κ3) is 2.39. The molecule has 1 rings (SSSR count). The van der Waals surface area contributed by atoms with Gasteiger partial charge in [-0.1, -0.05) is 23.7 Å². The Balaban J connectivity index is 2.97. The normalized spacial score (nSPS) is 13.4. The lowest BCUT2D eigenvalue weighted by Crippen LogP contribution is -2.07. The first kappa shape index (κ1) is 10.4. The Morgan fingerprint density at radius 2 is 2.00 bits per heavy atom. The number of benzene rings is 1. The molecule has 0 aliphatic heterocycles. The molecule has 0 heterocycles. The Morgan fingerprint density at radius 3 is 2.46 bits per heavy atom. The maximum absolute atomic E-state index is 12.1. The monoisotopic (exact) mass is 206 g/mol. The summed E-state index contributed by atoms with van der Waals surface area (Å²) in [6, 6.07) is 4.40. The van der Waals surface area contributed by atoms with E-state index in [4.69, 9.17) is 16.7 Å². The number of halogens is 3. The van der Waals surface area contributed by atoms with Crippen molar-refractivity contribution in [1.29, 1.82) is 0 Å². The number of hydrogen-bond donors (Lipinski definition) is 1. The van der Waals surface area contributed by atoms with Gasteiger partial charge < -0.3 is 5.11 Å². The van der Waals surface area contributed by atoms with Crippen LogP contribution >= 0.6 is 11.6 Å². The highest BCUT2D eigenvalue weighted by Gasteiger charge is 2.19. The highest BCUT2D eigenvalue weighted by atomic mass is 35.5. The Morgan fingerprint density at radius 1 is 1.38 bits per heavy atom. The van der Waals surface area contributed by atoms with Gasteiger partial charge in [-0.2, -0.15) is 0 Å². The van der Waals surface area contributed by atoms with E-state index in [0.29, 0.717) is 5.02 Å². The number of aliphatic hydroxyl groups excluding tert-OH is 1. The Kier molecular flexibility index (Phi) is 3.22. The van der Waals surface area contributed by atoms with Gasteiger partial charge in [0.15, 0.2) is 0 Å². The Hall–Kier alpha value is -0.670. The van der Waals surface area contributed by atoms with Crippen molar-refractivity contribution >= 4 is 11.6 Å². The van der Waals surface area contributed by atoms with Crippen molar-refractivity contribution in [3.63, 3.8) is 0 Å². The summed E-state index contributed by atoms with van der Waals surface area (Å²) in [5, 5.41) is 9.39. The van der Waals surface area contributed by atoms with Crippen LogP contribution in [0.25, 0.3) is 0 Å². The summed E-state index contributed by atoms with van der Waals surface area (Å²) in [5.74, 6) is 0. The zero-order chi connectivity index (χ0) is 10.0. The minimum absolute atomic E-state index is 0.144.